The van der Waals surface area contributed by atoms with E-state index in [1.807, 2.05) is 0 Å². The molecule has 0 aromatic rings. The number of hydrogen-bond acceptors (Lipinski definition) is 4. The van der Waals surface area contributed by atoms with Crippen LogP contribution in [0.25, 0.3) is 0 Å². The van der Waals surface area contributed by atoms with Gasteiger partial charge in [0.05, 0.1) is 6.26 Å². The summed E-state index contributed by atoms with van der Waals surface area (Å²) in [5.41, 5.74) is 0. The van der Waals surface area contributed by atoms with Crippen molar-refractivity contribution in [2.24, 2.45) is 0 Å². The van der Waals surface area contributed by atoms with E-state index < -0.39 is 30.6 Å². The molecule has 0 amide bonds. The summed E-state index contributed by atoms with van der Waals surface area (Å²) in [6.45, 7) is 4.53. The number of hydrogen-bond donors (Lipinski definition) is 1. The zero-order valence-corrected chi connectivity index (χ0v) is 10.9. The van der Waals surface area contributed by atoms with Crippen molar-refractivity contribution < 1.29 is 35.4 Å². The third-order valence-electron chi connectivity index (χ3n) is 0.630. The molecule has 0 fully saturated rings. The van der Waals surface area contributed by atoms with Crippen molar-refractivity contribution >= 4 is 24.4 Å². The number of carbonyl (C=O) groups excluding carboxylic acids is 1. The van der Waals surface area contributed by atoms with Gasteiger partial charge in [0.25, 0.3) is 10.1 Å². The van der Waals surface area contributed by atoms with Crippen molar-refractivity contribution in [2.45, 2.75) is 25.8 Å². The minimum absolute atomic E-state index is 0.715. The SMILES string of the molecule is CS(=O)(=O)O.C[Si](C)(C)OC(=O)C(F)(F)F. The molecule has 0 aromatic carbocycles. The lowest BCUT2D eigenvalue weighted by atomic mass is 10.7. The summed E-state index contributed by atoms with van der Waals surface area (Å²) in [5, 5.41) is 0. The molecule has 0 atom stereocenters. The topological polar surface area (TPSA) is 80.7 Å². The Morgan fingerprint density at radius 3 is 1.56 bits per heavy atom. The maximum absolute atomic E-state index is 11.5. The highest BCUT2D eigenvalue weighted by atomic mass is 32.2. The van der Waals surface area contributed by atoms with Crippen LogP contribution in [-0.4, -0.2) is 39.7 Å². The standard InChI is InChI=1S/C5H9F3O2Si.CH4O3S/c1-11(2,3)10-4(9)5(6,7)8;1-5(2,3)4/h1-3H3;1H3,(H,2,3,4). The lowest BCUT2D eigenvalue weighted by Crippen LogP contribution is -2.36. The van der Waals surface area contributed by atoms with Crippen LogP contribution in [0.4, 0.5) is 13.2 Å². The highest BCUT2D eigenvalue weighted by Gasteiger charge is 2.42. The molecule has 0 rings (SSSR count). The Labute approximate surface area is 92.5 Å². The van der Waals surface area contributed by atoms with Gasteiger partial charge in [-0.05, 0) is 19.6 Å². The van der Waals surface area contributed by atoms with Gasteiger partial charge in [-0.2, -0.15) is 21.6 Å². The second kappa shape index (κ2) is 5.64. The van der Waals surface area contributed by atoms with E-state index >= 15 is 0 Å². The predicted octanol–water partition coefficient (Wildman–Crippen LogP) is 1.43. The lowest BCUT2D eigenvalue weighted by molar-refractivity contribution is -0.190. The Bertz CT molecular complexity index is 321. The van der Waals surface area contributed by atoms with E-state index in [1.54, 1.807) is 0 Å². The maximum Gasteiger partial charge on any atom is 0.489 e. The first-order valence-electron chi connectivity index (χ1n) is 3.85. The summed E-state index contributed by atoms with van der Waals surface area (Å²) >= 11 is 0. The number of rotatable bonds is 1. The van der Waals surface area contributed by atoms with Crippen LogP contribution in [0.3, 0.4) is 0 Å². The Kier molecular flexibility index (Phi) is 6.26. The van der Waals surface area contributed by atoms with Gasteiger partial charge in [0.2, 0.25) is 8.32 Å². The zero-order chi connectivity index (χ0) is 13.8. The van der Waals surface area contributed by atoms with Gasteiger partial charge >= 0.3 is 12.1 Å². The van der Waals surface area contributed by atoms with Crippen molar-refractivity contribution in [1.82, 2.24) is 0 Å². The van der Waals surface area contributed by atoms with Gasteiger partial charge in [-0.3, -0.25) is 4.55 Å². The molecule has 0 radical (unpaired) electrons. The minimum Gasteiger partial charge on any atom is -0.513 e. The molecule has 0 saturated carbocycles. The Morgan fingerprint density at radius 1 is 1.25 bits per heavy atom. The molecule has 0 heterocycles. The molecule has 1 N–H and O–H groups in total. The quantitative estimate of drug-likeness (QED) is 0.581. The number of halogens is 3. The number of carbonyl (C=O) groups is 1. The average Bonchev–Trinajstić information content (AvgIpc) is 1.75. The Balaban J connectivity index is 0. The van der Waals surface area contributed by atoms with Crippen LogP contribution in [0.15, 0.2) is 0 Å². The molecular weight excluding hydrogens is 269 g/mol. The first-order chi connectivity index (χ1) is 6.63. The fraction of sp³-hybridized carbons (Fsp3) is 0.833. The average molecular weight is 282 g/mol. The zero-order valence-electron chi connectivity index (χ0n) is 9.12. The van der Waals surface area contributed by atoms with E-state index in [1.165, 1.54) is 19.6 Å². The molecular formula is C6H13F3O5SSi. The maximum atomic E-state index is 11.5. The van der Waals surface area contributed by atoms with Gasteiger partial charge in [0, 0.05) is 0 Å². The van der Waals surface area contributed by atoms with Crippen LogP contribution in [0.5, 0.6) is 0 Å². The van der Waals surface area contributed by atoms with Crippen LogP contribution in [-0.2, 0) is 19.3 Å². The third-order valence-corrected chi connectivity index (χ3v) is 1.43. The molecule has 0 aromatic heterocycles. The van der Waals surface area contributed by atoms with Crippen LogP contribution < -0.4 is 0 Å². The first-order valence-corrected chi connectivity index (χ1v) is 9.11. The van der Waals surface area contributed by atoms with Crippen molar-refractivity contribution in [3.63, 3.8) is 0 Å². The van der Waals surface area contributed by atoms with Crippen LogP contribution in [0.1, 0.15) is 0 Å². The number of alkyl halides is 3. The van der Waals surface area contributed by atoms with Crippen molar-refractivity contribution in [3.8, 4) is 0 Å². The molecule has 0 aliphatic rings. The highest BCUT2D eigenvalue weighted by molar-refractivity contribution is 7.85. The second-order valence-electron chi connectivity index (χ2n) is 3.73. The minimum atomic E-state index is -4.86. The smallest absolute Gasteiger partial charge is 0.489 e. The molecule has 0 spiro atoms. The third kappa shape index (κ3) is 19.0. The molecule has 10 heteroatoms. The summed E-state index contributed by atoms with van der Waals surface area (Å²) in [6, 6.07) is 0. The Hall–Kier alpha value is -0.613. The summed E-state index contributed by atoms with van der Waals surface area (Å²) in [4.78, 5) is 10.2. The summed E-state index contributed by atoms with van der Waals surface area (Å²) in [7, 11) is -6.07. The van der Waals surface area contributed by atoms with Gasteiger partial charge in [0.1, 0.15) is 0 Å². The lowest BCUT2D eigenvalue weighted by Gasteiger charge is -2.17. The molecule has 0 unspecified atom stereocenters. The van der Waals surface area contributed by atoms with E-state index in [2.05, 4.69) is 4.43 Å². The van der Waals surface area contributed by atoms with Crippen LogP contribution in [0.2, 0.25) is 19.6 Å². The molecule has 0 bridgehead atoms. The molecule has 0 aliphatic heterocycles. The van der Waals surface area contributed by atoms with Gasteiger partial charge in [-0.25, -0.2) is 4.79 Å². The molecule has 0 saturated heterocycles. The van der Waals surface area contributed by atoms with E-state index in [-0.39, 0.29) is 0 Å². The molecule has 5 nitrogen and oxygen atoms in total. The van der Waals surface area contributed by atoms with Gasteiger partial charge < -0.3 is 4.43 Å². The summed E-state index contributed by atoms with van der Waals surface area (Å²) in [5.74, 6) is -2.09. The first kappa shape index (κ1) is 17.8. The largest absolute Gasteiger partial charge is 0.513 e. The van der Waals surface area contributed by atoms with Crippen LogP contribution >= 0.6 is 0 Å². The molecule has 0 aliphatic carbocycles. The fourth-order valence-electron chi connectivity index (χ4n) is 0.336. The Morgan fingerprint density at radius 2 is 1.50 bits per heavy atom. The van der Waals surface area contributed by atoms with E-state index in [0.717, 1.165) is 0 Å². The van der Waals surface area contributed by atoms with Crippen molar-refractivity contribution in [3.05, 3.63) is 0 Å². The monoisotopic (exact) mass is 282 g/mol. The summed E-state index contributed by atoms with van der Waals surface area (Å²) < 4.78 is 64.6. The van der Waals surface area contributed by atoms with Crippen molar-refractivity contribution in [2.75, 3.05) is 6.26 Å². The highest BCUT2D eigenvalue weighted by Crippen LogP contribution is 2.19. The van der Waals surface area contributed by atoms with E-state index in [9.17, 15) is 26.4 Å². The van der Waals surface area contributed by atoms with Crippen LogP contribution in [0, 0.1) is 0 Å². The van der Waals surface area contributed by atoms with Gasteiger partial charge in [-0.15, -0.1) is 0 Å². The predicted molar refractivity (Wildman–Crippen MR) is 53.0 cm³/mol. The molecule has 16 heavy (non-hydrogen) atoms. The van der Waals surface area contributed by atoms with E-state index in [0.29, 0.717) is 6.26 Å². The van der Waals surface area contributed by atoms with E-state index in [4.69, 9.17) is 4.55 Å². The summed E-state index contributed by atoms with van der Waals surface area (Å²) in [6.07, 6.45) is -4.15. The van der Waals surface area contributed by atoms with Gasteiger partial charge in [-0.1, -0.05) is 0 Å². The second-order valence-corrected chi connectivity index (χ2v) is 9.63. The molecule has 98 valence electrons. The van der Waals surface area contributed by atoms with Gasteiger partial charge in [0.15, 0.2) is 0 Å². The fourth-order valence-corrected chi connectivity index (χ4v) is 1.01. The normalized spacial score (nSPS) is 12.5. The van der Waals surface area contributed by atoms with Crippen molar-refractivity contribution in [1.29, 1.82) is 0 Å².